The van der Waals surface area contributed by atoms with Crippen LogP contribution in [0.4, 0.5) is 0 Å². The first kappa shape index (κ1) is 10.8. The molecule has 0 spiro atoms. The van der Waals surface area contributed by atoms with Crippen LogP contribution in [0.3, 0.4) is 0 Å². The molecule has 0 aliphatic heterocycles. The molecule has 0 amide bonds. The topological polar surface area (TPSA) is 25.8 Å². The smallest absolute Gasteiger partial charge is 0.158 e. The van der Waals surface area contributed by atoms with Crippen LogP contribution >= 0.6 is 0 Å². The molecule has 1 atom stereocenters. The summed E-state index contributed by atoms with van der Waals surface area (Å²) in [5, 5.41) is 0. The van der Waals surface area contributed by atoms with Gasteiger partial charge in [-0.1, -0.05) is 30.7 Å². The highest BCUT2D eigenvalue weighted by Gasteiger charge is 2.06. The van der Waals surface area contributed by atoms with Crippen molar-refractivity contribution in [3.05, 3.63) is 54.2 Å². The summed E-state index contributed by atoms with van der Waals surface area (Å²) in [5.41, 5.74) is 2.36. The monoisotopic (exact) mass is 212 g/mol. The number of aromatic nitrogens is 2. The number of hydrogen-bond donors (Lipinski definition) is 0. The second-order valence-electron chi connectivity index (χ2n) is 4.20. The van der Waals surface area contributed by atoms with Crippen molar-refractivity contribution >= 4 is 5.57 Å². The van der Waals surface area contributed by atoms with Crippen LogP contribution in [0.5, 0.6) is 0 Å². The molecule has 2 rings (SSSR count). The van der Waals surface area contributed by atoms with Crippen LogP contribution in [-0.2, 0) is 0 Å². The minimum Gasteiger partial charge on any atom is -0.237 e. The van der Waals surface area contributed by atoms with E-state index in [4.69, 9.17) is 0 Å². The highest BCUT2D eigenvalue weighted by Crippen LogP contribution is 2.20. The van der Waals surface area contributed by atoms with E-state index in [9.17, 15) is 0 Å². The van der Waals surface area contributed by atoms with Crippen LogP contribution in [0, 0.1) is 5.92 Å². The Kier molecular flexibility index (Phi) is 3.30. The van der Waals surface area contributed by atoms with E-state index in [2.05, 4.69) is 48.1 Å². The van der Waals surface area contributed by atoms with Gasteiger partial charge in [-0.3, -0.25) is 0 Å². The Labute approximate surface area is 96.4 Å². The van der Waals surface area contributed by atoms with Gasteiger partial charge in [-0.05, 0) is 31.4 Å². The van der Waals surface area contributed by atoms with E-state index in [1.54, 1.807) is 12.4 Å². The van der Waals surface area contributed by atoms with E-state index in [1.807, 2.05) is 6.07 Å². The molecule has 0 N–H and O–H groups in total. The van der Waals surface area contributed by atoms with E-state index in [1.165, 1.54) is 5.57 Å². The van der Waals surface area contributed by atoms with Gasteiger partial charge in [0.1, 0.15) is 0 Å². The number of nitrogens with zero attached hydrogens (tertiary/aromatic N) is 2. The van der Waals surface area contributed by atoms with Gasteiger partial charge in [-0.25, -0.2) is 9.97 Å². The van der Waals surface area contributed by atoms with Crippen LogP contribution in [0.25, 0.3) is 5.57 Å². The second kappa shape index (κ2) is 4.88. The zero-order valence-electron chi connectivity index (χ0n) is 9.72. The van der Waals surface area contributed by atoms with Crippen molar-refractivity contribution < 1.29 is 0 Å². The molecule has 0 saturated carbocycles. The Bertz CT molecular complexity index is 441. The minimum atomic E-state index is 0.527. The van der Waals surface area contributed by atoms with Gasteiger partial charge in [0.15, 0.2) is 5.82 Å². The standard InChI is InChI=1S/C14H16N2/c1-11-5-3-6-12(2)10-13(9-11)14-15-7-4-8-16-14/h3-5,7-10,12H,6H2,1-2H3. The number of allylic oxidation sites excluding steroid dienone is 6. The van der Waals surface area contributed by atoms with Crippen molar-refractivity contribution in [3.63, 3.8) is 0 Å². The molecule has 0 saturated heterocycles. The largest absolute Gasteiger partial charge is 0.237 e. The first-order valence-corrected chi connectivity index (χ1v) is 5.60. The summed E-state index contributed by atoms with van der Waals surface area (Å²) in [6, 6.07) is 1.84. The maximum Gasteiger partial charge on any atom is 0.158 e. The van der Waals surface area contributed by atoms with Crippen LogP contribution in [0.1, 0.15) is 26.1 Å². The third kappa shape index (κ3) is 2.66. The lowest BCUT2D eigenvalue weighted by Crippen LogP contribution is -1.96. The SMILES string of the molecule is CC1=CC(c2ncccn2)=CC(C)CC=C1. The number of rotatable bonds is 1. The van der Waals surface area contributed by atoms with Crippen molar-refractivity contribution in [3.8, 4) is 0 Å². The van der Waals surface area contributed by atoms with Crippen molar-refractivity contribution in [1.29, 1.82) is 0 Å². The molecule has 1 aromatic heterocycles. The Hall–Kier alpha value is -1.70. The second-order valence-corrected chi connectivity index (χ2v) is 4.20. The fraction of sp³-hybridized carbons (Fsp3) is 0.286. The molecule has 0 radical (unpaired) electrons. The van der Waals surface area contributed by atoms with Crippen LogP contribution in [0.15, 0.2) is 48.3 Å². The molecule has 1 aliphatic carbocycles. The Balaban J connectivity index is 2.41. The normalized spacial score (nSPS) is 20.8. The molecule has 1 aromatic rings. The van der Waals surface area contributed by atoms with Gasteiger partial charge in [-0.2, -0.15) is 0 Å². The molecule has 16 heavy (non-hydrogen) atoms. The maximum atomic E-state index is 4.30. The summed E-state index contributed by atoms with van der Waals surface area (Å²) >= 11 is 0. The van der Waals surface area contributed by atoms with E-state index in [0.29, 0.717) is 5.92 Å². The first-order valence-electron chi connectivity index (χ1n) is 5.60. The summed E-state index contributed by atoms with van der Waals surface area (Å²) in [7, 11) is 0. The van der Waals surface area contributed by atoms with Gasteiger partial charge >= 0.3 is 0 Å². The van der Waals surface area contributed by atoms with E-state index < -0.39 is 0 Å². The Morgan fingerprint density at radius 1 is 1.25 bits per heavy atom. The van der Waals surface area contributed by atoms with Crippen molar-refractivity contribution in [1.82, 2.24) is 9.97 Å². The predicted molar refractivity (Wildman–Crippen MR) is 66.7 cm³/mol. The lowest BCUT2D eigenvalue weighted by Gasteiger charge is -2.09. The molecule has 0 bridgehead atoms. The molecule has 0 aromatic carbocycles. The third-order valence-electron chi connectivity index (χ3n) is 2.56. The lowest BCUT2D eigenvalue weighted by atomic mass is 9.98. The quantitative estimate of drug-likeness (QED) is 0.713. The lowest BCUT2D eigenvalue weighted by molar-refractivity contribution is 0.744. The zero-order valence-corrected chi connectivity index (χ0v) is 9.72. The van der Waals surface area contributed by atoms with Gasteiger partial charge in [0.05, 0.1) is 0 Å². The van der Waals surface area contributed by atoms with Crippen LogP contribution in [0.2, 0.25) is 0 Å². The molecule has 82 valence electrons. The van der Waals surface area contributed by atoms with Crippen molar-refractivity contribution in [2.24, 2.45) is 5.92 Å². The summed E-state index contributed by atoms with van der Waals surface area (Å²) in [6.45, 7) is 4.31. The van der Waals surface area contributed by atoms with E-state index >= 15 is 0 Å². The fourth-order valence-corrected chi connectivity index (χ4v) is 1.77. The summed E-state index contributed by atoms with van der Waals surface area (Å²) in [6.07, 6.45) is 13.4. The van der Waals surface area contributed by atoms with Crippen LogP contribution < -0.4 is 0 Å². The molecule has 0 fully saturated rings. The minimum absolute atomic E-state index is 0.527. The highest BCUT2D eigenvalue weighted by molar-refractivity contribution is 5.71. The molecule has 2 nitrogen and oxygen atoms in total. The summed E-state index contributed by atoms with van der Waals surface area (Å²) in [5.74, 6) is 1.34. The first-order chi connectivity index (χ1) is 7.75. The average molecular weight is 212 g/mol. The third-order valence-corrected chi connectivity index (χ3v) is 2.56. The summed E-state index contributed by atoms with van der Waals surface area (Å²) < 4.78 is 0. The average Bonchev–Trinajstić information content (AvgIpc) is 2.27. The molecule has 1 unspecified atom stereocenters. The Morgan fingerprint density at radius 3 is 2.75 bits per heavy atom. The molecule has 2 heteroatoms. The van der Waals surface area contributed by atoms with Gasteiger partial charge in [-0.15, -0.1) is 0 Å². The summed E-state index contributed by atoms with van der Waals surface area (Å²) in [4.78, 5) is 8.59. The molecule has 1 aliphatic rings. The van der Waals surface area contributed by atoms with Crippen molar-refractivity contribution in [2.45, 2.75) is 20.3 Å². The van der Waals surface area contributed by atoms with Crippen molar-refractivity contribution in [2.75, 3.05) is 0 Å². The predicted octanol–water partition coefficient (Wildman–Crippen LogP) is 3.40. The van der Waals surface area contributed by atoms with E-state index in [0.717, 1.165) is 17.8 Å². The molecule has 1 heterocycles. The zero-order chi connectivity index (χ0) is 11.4. The van der Waals surface area contributed by atoms with Gasteiger partial charge in [0, 0.05) is 18.0 Å². The molecular formula is C14H16N2. The van der Waals surface area contributed by atoms with Crippen LogP contribution in [-0.4, -0.2) is 9.97 Å². The Morgan fingerprint density at radius 2 is 2.00 bits per heavy atom. The van der Waals surface area contributed by atoms with E-state index in [-0.39, 0.29) is 0 Å². The van der Waals surface area contributed by atoms with Gasteiger partial charge in [0.2, 0.25) is 0 Å². The highest BCUT2D eigenvalue weighted by atomic mass is 14.9. The number of hydrogen-bond acceptors (Lipinski definition) is 2. The fourth-order valence-electron chi connectivity index (χ4n) is 1.77. The van der Waals surface area contributed by atoms with Gasteiger partial charge < -0.3 is 0 Å². The van der Waals surface area contributed by atoms with Gasteiger partial charge in [0.25, 0.3) is 0 Å². The maximum absolute atomic E-state index is 4.30. The molecular weight excluding hydrogens is 196 g/mol.